The third-order valence-corrected chi connectivity index (χ3v) is 11.4. The van der Waals surface area contributed by atoms with E-state index in [1.54, 1.807) is 12.1 Å². The van der Waals surface area contributed by atoms with Crippen LogP contribution >= 0.6 is 0 Å². The van der Waals surface area contributed by atoms with Gasteiger partial charge in [0.15, 0.2) is 10.0 Å². The van der Waals surface area contributed by atoms with Gasteiger partial charge in [0.1, 0.15) is 5.75 Å². The number of hydrogen-bond donors (Lipinski definition) is 0. The fourth-order valence-electron chi connectivity index (χ4n) is 6.65. The lowest BCUT2D eigenvalue weighted by molar-refractivity contribution is -0.262. The van der Waals surface area contributed by atoms with E-state index in [0.29, 0.717) is 56.1 Å². The first-order valence-electron chi connectivity index (χ1n) is 15.0. The smallest absolute Gasteiger partial charge is 0.474 e. The molecule has 3 aliphatic rings. The van der Waals surface area contributed by atoms with Crippen LogP contribution in [0.15, 0.2) is 12.1 Å². The summed E-state index contributed by atoms with van der Waals surface area (Å²) in [5, 5.41) is -6.91. The summed E-state index contributed by atoms with van der Waals surface area (Å²) in [4.78, 5) is 0. The van der Waals surface area contributed by atoms with Crippen molar-refractivity contribution in [3.63, 3.8) is 0 Å². The van der Waals surface area contributed by atoms with Crippen molar-refractivity contribution in [3.05, 3.63) is 33.5 Å². The first-order valence-corrected chi connectivity index (χ1v) is 17.9. The molecule has 0 atom stereocenters. The van der Waals surface area contributed by atoms with Crippen LogP contribution in [0.3, 0.4) is 0 Å². The van der Waals surface area contributed by atoms with Gasteiger partial charge in [-0.3, -0.25) is 0 Å². The molecular formula is C28H35F9NO5S2-. The molecule has 6 nitrogen and oxygen atoms in total. The SMILES string of the molecule is O=S(=O)([N-]C(F)(F)C(F)(F)C(F)(F)S(=O)(=O)Oc1c(C2CCCCC2)cc(C2CCCCC2)cc1C1CCCCC1)C(F)(F)F. The van der Waals surface area contributed by atoms with Gasteiger partial charge in [0, 0.05) is 0 Å². The number of hydrogen-bond acceptors (Lipinski definition) is 5. The highest BCUT2D eigenvalue weighted by Gasteiger charge is 2.76. The van der Waals surface area contributed by atoms with Gasteiger partial charge in [0.2, 0.25) is 0 Å². The number of halogens is 9. The molecule has 0 unspecified atom stereocenters. The molecule has 0 amide bonds. The molecule has 0 bridgehead atoms. The zero-order valence-corrected chi connectivity index (χ0v) is 25.8. The van der Waals surface area contributed by atoms with E-state index in [2.05, 4.69) is 0 Å². The molecule has 3 aliphatic carbocycles. The summed E-state index contributed by atoms with van der Waals surface area (Å²) >= 11 is 0. The normalized spacial score (nSPS) is 21.2. The predicted octanol–water partition coefficient (Wildman–Crippen LogP) is 9.58. The molecule has 258 valence electrons. The summed E-state index contributed by atoms with van der Waals surface area (Å²) in [5.41, 5.74) is -5.48. The van der Waals surface area contributed by atoms with Crippen molar-refractivity contribution in [1.29, 1.82) is 0 Å². The molecule has 0 spiro atoms. The minimum atomic E-state index is -7.44. The minimum Gasteiger partial charge on any atom is -0.474 e. The number of rotatable bonds is 10. The molecule has 4 rings (SSSR count). The van der Waals surface area contributed by atoms with E-state index in [4.69, 9.17) is 4.18 Å². The van der Waals surface area contributed by atoms with Gasteiger partial charge in [-0.1, -0.05) is 69.9 Å². The Morgan fingerprint density at radius 2 is 0.978 bits per heavy atom. The summed E-state index contributed by atoms with van der Waals surface area (Å²) in [6, 6.07) is -3.77. The van der Waals surface area contributed by atoms with Gasteiger partial charge in [-0.2, -0.15) is 39.2 Å². The lowest BCUT2D eigenvalue weighted by atomic mass is 9.75. The predicted molar refractivity (Wildman–Crippen MR) is 147 cm³/mol. The third-order valence-electron chi connectivity index (χ3n) is 9.11. The van der Waals surface area contributed by atoms with E-state index in [-0.39, 0.29) is 17.0 Å². The van der Waals surface area contributed by atoms with Crippen LogP contribution in [-0.2, 0) is 20.1 Å². The second-order valence-electron chi connectivity index (χ2n) is 12.2. The highest BCUT2D eigenvalue weighted by Crippen LogP contribution is 2.55. The number of alkyl halides is 9. The zero-order valence-electron chi connectivity index (χ0n) is 24.2. The van der Waals surface area contributed by atoms with E-state index in [0.717, 1.165) is 50.5 Å². The molecule has 45 heavy (non-hydrogen) atoms. The monoisotopic (exact) mass is 700 g/mol. The van der Waals surface area contributed by atoms with Crippen molar-refractivity contribution >= 4 is 20.1 Å². The topological polar surface area (TPSA) is 91.6 Å². The second kappa shape index (κ2) is 13.0. The molecule has 3 saturated carbocycles. The highest BCUT2D eigenvalue weighted by molar-refractivity contribution is 7.94. The van der Waals surface area contributed by atoms with Crippen LogP contribution in [0.25, 0.3) is 4.72 Å². The Bertz CT molecular complexity index is 1370. The number of nitrogens with zero attached hydrogens (tertiary/aromatic N) is 1. The Morgan fingerprint density at radius 3 is 1.36 bits per heavy atom. The van der Waals surface area contributed by atoms with Gasteiger partial charge in [-0.05, 0) is 73.0 Å². The summed E-state index contributed by atoms with van der Waals surface area (Å²) in [6.07, 6.45) is 10.9. The third kappa shape index (κ3) is 7.24. The molecular weight excluding hydrogens is 665 g/mol. The van der Waals surface area contributed by atoms with Crippen LogP contribution in [0, 0.1) is 0 Å². The van der Waals surface area contributed by atoms with Crippen LogP contribution in [0.2, 0.25) is 0 Å². The maximum atomic E-state index is 15.1. The molecule has 1 aromatic carbocycles. The average Bonchev–Trinajstić information content (AvgIpc) is 2.97. The molecule has 0 radical (unpaired) electrons. The van der Waals surface area contributed by atoms with Crippen molar-refractivity contribution in [2.45, 2.75) is 137 Å². The number of sulfonamides is 1. The average molecular weight is 701 g/mol. The van der Waals surface area contributed by atoms with E-state index >= 15 is 8.78 Å². The summed E-state index contributed by atoms with van der Waals surface area (Å²) in [5.74, 6) is -8.70. The van der Waals surface area contributed by atoms with E-state index < -0.39 is 60.5 Å². The molecule has 1 aromatic rings. The minimum absolute atomic E-state index is 0.0655. The van der Waals surface area contributed by atoms with Crippen molar-refractivity contribution < 1.29 is 60.5 Å². The van der Waals surface area contributed by atoms with Crippen molar-refractivity contribution in [3.8, 4) is 5.75 Å². The Kier molecular flexibility index (Phi) is 10.5. The van der Waals surface area contributed by atoms with E-state index in [1.165, 1.54) is 0 Å². The summed E-state index contributed by atoms with van der Waals surface area (Å²) in [7, 11) is -14.5. The summed E-state index contributed by atoms with van der Waals surface area (Å²) in [6.45, 7) is 0. The fraction of sp³-hybridized carbons (Fsp3) is 0.786. The molecule has 0 N–H and O–H groups in total. The Hall–Kier alpha value is -1.75. The molecule has 0 aromatic heterocycles. The number of benzene rings is 1. The van der Waals surface area contributed by atoms with Gasteiger partial charge in [-0.15, -0.1) is 0 Å². The van der Waals surface area contributed by atoms with Gasteiger partial charge in [-0.25, -0.2) is 17.2 Å². The van der Waals surface area contributed by atoms with Gasteiger partial charge in [0.05, 0.1) is 0 Å². The summed E-state index contributed by atoms with van der Waals surface area (Å²) < 4.78 is 179. The van der Waals surface area contributed by atoms with Crippen LogP contribution in [0.4, 0.5) is 39.5 Å². The highest BCUT2D eigenvalue weighted by atomic mass is 32.2. The van der Waals surface area contributed by atoms with Crippen LogP contribution in [0.1, 0.15) is 131 Å². The molecule has 3 fully saturated rings. The van der Waals surface area contributed by atoms with Gasteiger partial charge in [0.25, 0.3) is 6.05 Å². The first kappa shape index (κ1) is 36.1. The largest absolute Gasteiger partial charge is 0.480 e. The van der Waals surface area contributed by atoms with E-state index in [9.17, 15) is 47.6 Å². The lowest BCUT2D eigenvalue weighted by Gasteiger charge is -2.40. The molecule has 17 heteroatoms. The quantitative estimate of drug-likeness (QED) is 0.138. The van der Waals surface area contributed by atoms with E-state index in [1.807, 2.05) is 0 Å². The second-order valence-corrected chi connectivity index (χ2v) is 15.4. The van der Waals surface area contributed by atoms with Crippen LogP contribution < -0.4 is 4.18 Å². The fourth-order valence-corrected chi connectivity index (χ4v) is 8.13. The Balaban J connectivity index is 1.83. The maximum absolute atomic E-state index is 15.1. The molecule has 0 heterocycles. The van der Waals surface area contributed by atoms with Crippen molar-refractivity contribution in [2.24, 2.45) is 0 Å². The maximum Gasteiger partial charge on any atom is 0.480 e. The first-order chi connectivity index (χ1) is 20.7. The van der Waals surface area contributed by atoms with Gasteiger partial charge < -0.3 is 8.91 Å². The zero-order chi connectivity index (χ0) is 33.5. The Labute approximate surface area is 256 Å². The lowest BCUT2D eigenvalue weighted by Crippen LogP contribution is -2.59. The standard InChI is InChI=1S/C28H35F9NO5S2/c29-25(30,26(31,32)38-44(39,40)28(35,36)37)27(33,34)45(41,42)43-24-22(19-12-6-2-7-13-19)16-21(18-10-4-1-5-11-18)17-23(24)20-14-8-3-9-15-20/h16-20H,1-15H2/q-1. The van der Waals surface area contributed by atoms with Crippen molar-refractivity contribution in [2.75, 3.05) is 0 Å². The molecule has 0 aliphatic heterocycles. The van der Waals surface area contributed by atoms with Crippen LogP contribution in [0.5, 0.6) is 5.75 Å². The van der Waals surface area contributed by atoms with Gasteiger partial charge >= 0.3 is 26.8 Å². The van der Waals surface area contributed by atoms with Crippen LogP contribution in [-0.4, -0.2) is 39.6 Å². The Morgan fingerprint density at radius 1 is 0.600 bits per heavy atom. The molecule has 0 saturated heterocycles. The van der Waals surface area contributed by atoms with Crippen molar-refractivity contribution in [1.82, 2.24) is 0 Å².